The molecule has 134 valence electrons. The van der Waals surface area contributed by atoms with E-state index >= 15 is 0 Å². The van der Waals surface area contributed by atoms with Gasteiger partial charge in [-0.2, -0.15) is 0 Å². The third-order valence-electron chi connectivity index (χ3n) is 5.61. The molecule has 4 rings (SSSR count). The van der Waals surface area contributed by atoms with Gasteiger partial charge in [0.05, 0.1) is 0 Å². The van der Waals surface area contributed by atoms with Gasteiger partial charge in [-0.3, -0.25) is 9.69 Å². The van der Waals surface area contributed by atoms with E-state index in [1.807, 2.05) is 30.5 Å². The van der Waals surface area contributed by atoms with Gasteiger partial charge in [0.25, 0.3) is 0 Å². The summed E-state index contributed by atoms with van der Waals surface area (Å²) in [4.78, 5) is 18.2. The molecule has 3 aromatic rings. The average Bonchev–Trinajstić information content (AvgIpc) is 3.16. The Morgan fingerprint density at radius 2 is 1.85 bits per heavy atom. The first-order chi connectivity index (χ1) is 12.8. The number of H-pyrrole nitrogens is 1. The molecule has 0 unspecified atom stereocenters. The Balaban J connectivity index is 1.25. The molecule has 1 aliphatic rings. The number of rotatable bonds is 6. The maximum atomic E-state index is 12.5. The molecule has 26 heavy (non-hydrogen) atoms. The molecule has 2 heterocycles. The smallest absolute Gasteiger partial charge is 0.162 e. The average molecular weight is 346 g/mol. The van der Waals surface area contributed by atoms with E-state index < -0.39 is 0 Å². The van der Waals surface area contributed by atoms with Crippen LogP contribution in [0, 0.1) is 5.92 Å². The Bertz CT molecular complexity index is 860. The van der Waals surface area contributed by atoms with E-state index in [4.69, 9.17) is 0 Å². The first-order valence-corrected chi connectivity index (χ1v) is 9.64. The zero-order chi connectivity index (χ0) is 17.8. The van der Waals surface area contributed by atoms with Crippen molar-refractivity contribution in [2.45, 2.75) is 32.2 Å². The van der Waals surface area contributed by atoms with Crippen molar-refractivity contribution in [3.05, 3.63) is 71.9 Å². The molecular formula is C23H26N2O. The Labute approximate surface area is 155 Å². The van der Waals surface area contributed by atoms with Crippen LogP contribution in [0.4, 0.5) is 0 Å². The minimum absolute atomic E-state index is 0.278. The number of nitrogens with zero attached hydrogens (tertiary/aromatic N) is 1. The topological polar surface area (TPSA) is 36.1 Å². The van der Waals surface area contributed by atoms with Crippen molar-refractivity contribution >= 4 is 16.7 Å². The van der Waals surface area contributed by atoms with Gasteiger partial charge in [0.1, 0.15) is 0 Å². The number of Topliss-reactive ketones (excluding diaryl/α,β-unsaturated/α-hetero) is 1. The highest BCUT2D eigenvalue weighted by atomic mass is 16.1. The summed E-state index contributed by atoms with van der Waals surface area (Å²) in [6.45, 7) is 3.33. The summed E-state index contributed by atoms with van der Waals surface area (Å²) in [5.41, 5.74) is 3.33. The normalized spacial score (nSPS) is 16.2. The van der Waals surface area contributed by atoms with Crippen molar-refractivity contribution < 1.29 is 4.79 Å². The summed E-state index contributed by atoms with van der Waals surface area (Å²) >= 11 is 0. The minimum atomic E-state index is 0.278. The zero-order valence-corrected chi connectivity index (χ0v) is 15.2. The fourth-order valence-electron chi connectivity index (χ4n) is 3.98. The molecule has 0 bridgehead atoms. The second kappa shape index (κ2) is 7.88. The molecule has 0 spiro atoms. The fraction of sp³-hybridized carbons (Fsp3) is 0.348. The predicted molar refractivity (Wildman–Crippen MR) is 106 cm³/mol. The van der Waals surface area contributed by atoms with Crippen molar-refractivity contribution in [1.29, 1.82) is 0 Å². The Kier molecular flexibility index (Phi) is 5.16. The molecule has 0 aliphatic carbocycles. The highest BCUT2D eigenvalue weighted by Crippen LogP contribution is 2.24. The van der Waals surface area contributed by atoms with E-state index in [9.17, 15) is 4.79 Å². The van der Waals surface area contributed by atoms with Crippen molar-refractivity contribution in [1.82, 2.24) is 9.88 Å². The summed E-state index contributed by atoms with van der Waals surface area (Å²) in [5, 5.41) is 1.12. The highest BCUT2D eigenvalue weighted by molar-refractivity contribution is 5.99. The molecule has 1 saturated heterocycles. The Morgan fingerprint density at radius 1 is 1.04 bits per heavy atom. The molecule has 1 N–H and O–H groups in total. The molecule has 0 saturated carbocycles. The number of piperidine rings is 1. The fourth-order valence-corrected chi connectivity index (χ4v) is 3.98. The van der Waals surface area contributed by atoms with Crippen molar-refractivity contribution in [2.24, 2.45) is 5.92 Å². The lowest BCUT2D eigenvalue weighted by molar-refractivity contribution is 0.0961. The number of carbonyl (C=O) groups is 1. The van der Waals surface area contributed by atoms with Gasteiger partial charge in [0, 0.05) is 35.6 Å². The van der Waals surface area contributed by atoms with Gasteiger partial charge in [-0.05, 0) is 68.1 Å². The van der Waals surface area contributed by atoms with Gasteiger partial charge in [0.2, 0.25) is 0 Å². The first-order valence-electron chi connectivity index (χ1n) is 9.64. The number of likely N-dealkylation sites (tertiary alicyclic amines) is 1. The monoisotopic (exact) mass is 346 g/mol. The van der Waals surface area contributed by atoms with Crippen LogP contribution in [0.1, 0.15) is 41.6 Å². The first kappa shape index (κ1) is 17.0. The lowest BCUT2D eigenvalue weighted by Gasteiger charge is -2.32. The van der Waals surface area contributed by atoms with Crippen LogP contribution in [0.15, 0.2) is 60.8 Å². The van der Waals surface area contributed by atoms with E-state index in [1.54, 1.807) is 0 Å². The van der Waals surface area contributed by atoms with Crippen LogP contribution in [-0.4, -0.2) is 28.8 Å². The number of hydrogen-bond donors (Lipinski definition) is 1. The van der Waals surface area contributed by atoms with E-state index in [0.717, 1.165) is 42.5 Å². The van der Waals surface area contributed by atoms with E-state index in [-0.39, 0.29) is 5.78 Å². The molecule has 0 atom stereocenters. The second-order valence-corrected chi connectivity index (χ2v) is 7.45. The number of benzene rings is 2. The molecule has 1 aliphatic heterocycles. The van der Waals surface area contributed by atoms with Crippen molar-refractivity contribution in [3.63, 3.8) is 0 Å². The molecule has 1 aromatic heterocycles. The maximum absolute atomic E-state index is 12.5. The summed E-state index contributed by atoms with van der Waals surface area (Å²) in [6.07, 6.45) is 6.01. The predicted octanol–water partition coefficient (Wildman–Crippen LogP) is 5.04. The van der Waals surface area contributed by atoms with Gasteiger partial charge in [0.15, 0.2) is 5.78 Å². The standard InChI is InChI=1S/C23H26N2O/c26-23(21-7-8-22-20(16-21)10-13-24-22)9-6-18-11-14-25(15-12-18)17-19-4-2-1-3-5-19/h1-5,7-8,10,13,16,18,24H,6,9,11-12,14-15,17H2. The van der Waals surface area contributed by atoms with Crippen LogP contribution in [0.2, 0.25) is 0 Å². The van der Waals surface area contributed by atoms with Gasteiger partial charge in [-0.25, -0.2) is 0 Å². The molecule has 3 nitrogen and oxygen atoms in total. The SMILES string of the molecule is O=C(CCC1CCN(Cc2ccccc2)CC1)c1ccc2[nH]ccc2c1. The van der Waals surface area contributed by atoms with Gasteiger partial charge in [-0.1, -0.05) is 30.3 Å². The Morgan fingerprint density at radius 3 is 2.65 bits per heavy atom. The third-order valence-corrected chi connectivity index (χ3v) is 5.61. The van der Waals surface area contributed by atoms with Crippen molar-refractivity contribution in [3.8, 4) is 0 Å². The van der Waals surface area contributed by atoms with Crippen LogP contribution in [-0.2, 0) is 6.54 Å². The summed E-state index contributed by atoms with van der Waals surface area (Å²) in [7, 11) is 0. The molecule has 1 fully saturated rings. The largest absolute Gasteiger partial charge is 0.361 e. The van der Waals surface area contributed by atoms with Gasteiger partial charge in [-0.15, -0.1) is 0 Å². The summed E-state index contributed by atoms with van der Waals surface area (Å²) in [6, 6.07) is 18.7. The van der Waals surface area contributed by atoms with Crippen molar-refractivity contribution in [2.75, 3.05) is 13.1 Å². The molecule has 0 amide bonds. The second-order valence-electron chi connectivity index (χ2n) is 7.45. The zero-order valence-electron chi connectivity index (χ0n) is 15.2. The lowest BCUT2D eigenvalue weighted by atomic mass is 9.90. The van der Waals surface area contributed by atoms with Crippen LogP contribution < -0.4 is 0 Å². The molecule has 0 radical (unpaired) electrons. The van der Waals surface area contributed by atoms with E-state index in [2.05, 4.69) is 40.2 Å². The van der Waals surface area contributed by atoms with Gasteiger partial charge >= 0.3 is 0 Å². The Hall–Kier alpha value is -2.39. The number of hydrogen-bond acceptors (Lipinski definition) is 2. The molecule has 2 aromatic carbocycles. The highest BCUT2D eigenvalue weighted by Gasteiger charge is 2.20. The van der Waals surface area contributed by atoms with E-state index in [0.29, 0.717) is 12.3 Å². The lowest BCUT2D eigenvalue weighted by Crippen LogP contribution is -2.33. The number of aromatic nitrogens is 1. The van der Waals surface area contributed by atoms with Crippen LogP contribution in [0.5, 0.6) is 0 Å². The quantitative estimate of drug-likeness (QED) is 0.635. The number of fused-ring (bicyclic) bond motifs is 1. The van der Waals surface area contributed by atoms with Crippen LogP contribution in [0.3, 0.4) is 0 Å². The number of aromatic amines is 1. The van der Waals surface area contributed by atoms with Crippen LogP contribution >= 0.6 is 0 Å². The third kappa shape index (κ3) is 4.05. The molecule has 3 heteroatoms. The summed E-state index contributed by atoms with van der Waals surface area (Å²) < 4.78 is 0. The number of carbonyl (C=O) groups excluding carboxylic acids is 1. The summed E-state index contributed by atoms with van der Waals surface area (Å²) in [5.74, 6) is 0.960. The van der Waals surface area contributed by atoms with Gasteiger partial charge < -0.3 is 4.98 Å². The number of nitrogens with one attached hydrogen (secondary N) is 1. The maximum Gasteiger partial charge on any atom is 0.162 e. The van der Waals surface area contributed by atoms with E-state index in [1.165, 1.54) is 18.4 Å². The minimum Gasteiger partial charge on any atom is -0.361 e. The number of ketones is 1. The van der Waals surface area contributed by atoms with Crippen LogP contribution in [0.25, 0.3) is 10.9 Å². The molecular weight excluding hydrogens is 320 g/mol.